The van der Waals surface area contributed by atoms with Gasteiger partial charge >= 0.3 is 6.18 Å². The molecule has 1 N–H and O–H groups in total. The molecule has 0 aromatic carbocycles. The third-order valence-corrected chi connectivity index (χ3v) is 2.34. The number of hydrogen-bond acceptors (Lipinski definition) is 4. The molecule has 0 atom stereocenters. The molecule has 0 radical (unpaired) electrons. The molecule has 0 aliphatic rings. The van der Waals surface area contributed by atoms with Gasteiger partial charge in [-0.25, -0.2) is 4.98 Å². The first kappa shape index (κ1) is 12.3. The number of aryl methyl sites for hydroxylation is 1. The molecule has 96 valence electrons. The minimum Gasteiger partial charge on any atom is -0.378 e. The lowest BCUT2D eigenvalue weighted by molar-refractivity contribution is -0.141. The fourth-order valence-corrected chi connectivity index (χ4v) is 1.33. The van der Waals surface area contributed by atoms with Gasteiger partial charge in [-0.2, -0.15) is 13.2 Å². The van der Waals surface area contributed by atoms with Crippen molar-refractivity contribution in [1.29, 1.82) is 0 Å². The second kappa shape index (κ2) is 4.63. The number of nitrogens with one attached hydrogen (secondary N) is 1. The smallest absolute Gasteiger partial charge is 0.378 e. The molecule has 8 heteroatoms. The summed E-state index contributed by atoms with van der Waals surface area (Å²) in [5.41, 5.74) is 0.411. The Hall–Kier alpha value is -2.12. The van der Waals surface area contributed by atoms with Crippen LogP contribution < -0.4 is 5.32 Å². The fraction of sp³-hybridized carbons (Fsp3) is 0.300. The van der Waals surface area contributed by atoms with Crippen molar-refractivity contribution in [3.63, 3.8) is 0 Å². The molecule has 2 heterocycles. The quantitative estimate of drug-likeness (QED) is 0.911. The van der Waals surface area contributed by atoms with Crippen molar-refractivity contribution in [3.05, 3.63) is 35.9 Å². The molecule has 2 rings (SSSR count). The van der Waals surface area contributed by atoms with Crippen molar-refractivity contribution in [3.8, 4) is 0 Å². The Morgan fingerprint density at radius 3 is 2.56 bits per heavy atom. The van der Waals surface area contributed by atoms with Crippen molar-refractivity contribution in [2.24, 2.45) is 7.05 Å². The summed E-state index contributed by atoms with van der Waals surface area (Å²) in [5, 5.41) is 10.4. The number of alkyl halides is 3. The largest absolute Gasteiger partial charge is 0.433 e. The molecule has 0 saturated carbocycles. The topological polar surface area (TPSA) is 55.6 Å². The number of pyridine rings is 1. The van der Waals surface area contributed by atoms with Gasteiger partial charge in [0.05, 0.1) is 30.3 Å². The summed E-state index contributed by atoms with van der Waals surface area (Å²) in [6.45, 7) is 0.413. The Morgan fingerprint density at radius 1 is 1.28 bits per heavy atom. The van der Waals surface area contributed by atoms with Gasteiger partial charge < -0.3 is 5.32 Å². The minimum absolute atomic E-state index is 0.413. The van der Waals surface area contributed by atoms with Crippen LogP contribution in [-0.2, 0) is 19.8 Å². The van der Waals surface area contributed by atoms with E-state index in [1.165, 1.54) is 6.07 Å². The van der Waals surface area contributed by atoms with E-state index < -0.39 is 11.9 Å². The molecule has 2 aromatic heterocycles. The first-order valence-electron chi connectivity index (χ1n) is 5.07. The highest BCUT2D eigenvalue weighted by Crippen LogP contribution is 2.27. The zero-order valence-electron chi connectivity index (χ0n) is 9.44. The van der Waals surface area contributed by atoms with Gasteiger partial charge in [-0.05, 0) is 12.1 Å². The molecular weight excluding hydrogens is 247 g/mol. The highest BCUT2D eigenvalue weighted by atomic mass is 19.4. The number of halogens is 3. The van der Waals surface area contributed by atoms with Crippen molar-refractivity contribution >= 4 is 5.69 Å². The average Bonchev–Trinajstić information content (AvgIpc) is 2.72. The average molecular weight is 257 g/mol. The van der Waals surface area contributed by atoms with Crippen molar-refractivity contribution in [2.45, 2.75) is 12.7 Å². The summed E-state index contributed by atoms with van der Waals surface area (Å²) < 4.78 is 38.4. The molecular formula is C10H10F3N5. The summed E-state index contributed by atoms with van der Waals surface area (Å²) in [7, 11) is 1.73. The molecule has 18 heavy (non-hydrogen) atoms. The summed E-state index contributed by atoms with van der Waals surface area (Å²) in [5.74, 6) is 0. The third-order valence-electron chi connectivity index (χ3n) is 2.34. The zero-order valence-corrected chi connectivity index (χ0v) is 9.44. The maximum absolute atomic E-state index is 12.3. The standard InChI is InChI=1S/C10H10F3N5/c1-18-8(6-16-17-18)5-14-7-2-3-9(15-4-7)10(11,12)13/h2-4,6,14H,5H2,1H3. The fourth-order valence-electron chi connectivity index (χ4n) is 1.33. The van der Waals surface area contributed by atoms with Gasteiger partial charge in [-0.3, -0.25) is 4.68 Å². The number of aromatic nitrogens is 4. The van der Waals surface area contributed by atoms with E-state index in [9.17, 15) is 13.2 Å². The number of hydrogen-bond donors (Lipinski definition) is 1. The predicted molar refractivity (Wildman–Crippen MR) is 57.6 cm³/mol. The summed E-state index contributed by atoms with van der Waals surface area (Å²) >= 11 is 0. The lowest BCUT2D eigenvalue weighted by atomic mass is 10.3. The van der Waals surface area contributed by atoms with Crippen molar-refractivity contribution < 1.29 is 13.2 Å². The molecule has 0 aliphatic carbocycles. The van der Waals surface area contributed by atoms with Gasteiger partial charge in [0.25, 0.3) is 0 Å². The maximum Gasteiger partial charge on any atom is 0.433 e. The van der Waals surface area contributed by atoms with Crippen LogP contribution in [0.5, 0.6) is 0 Å². The van der Waals surface area contributed by atoms with Crippen molar-refractivity contribution in [1.82, 2.24) is 20.0 Å². The summed E-state index contributed by atoms with van der Waals surface area (Å²) in [6, 6.07) is 2.27. The Morgan fingerprint density at radius 2 is 2.06 bits per heavy atom. The molecule has 0 amide bonds. The van der Waals surface area contributed by atoms with Crippen LogP contribution in [0.2, 0.25) is 0 Å². The first-order chi connectivity index (χ1) is 8.47. The molecule has 0 unspecified atom stereocenters. The lowest BCUT2D eigenvalue weighted by Crippen LogP contribution is -2.09. The van der Waals surface area contributed by atoms with Gasteiger partial charge in [0.15, 0.2) is 0 Å². The van der Waals surface area contributed by atoms with E-state index in [-0.39, 0.29) is 0 Å². The minimum atomic E-state index is -4.41. The molecule has 0 aliphatic heterocycles. The van der Waals surface area contributed by atoms with Crippen LogP contribution in [0.4, 0.5) is 18.9 Å². The van der Waals surface area contributed by atoms with E-state index >= 15 is 0 Å². The second-order valence-corrected chi connectivity index (χ2v) is 3.63. The molecule has 0 bridgehead atoms. The third kappa shape index (κ3) is 2.76. The maximum atomic E-state index is 12.3. The van der Waals surface area contributed by atoms with E-state index in [4.69, 9.17) is 0 Å². The van der Waals surface area contributed by atoms with Crippen LogP contribution >= 0.6 is 0 Å². The predicted octanol–water partition coefficient (Wildman–Crippen LogP) is 1.84. The van der Waals surface area contributed by atoms with Crippen LogP contribution in [0.25, 0.3) is 0 Å². The van der Waals surface area contributed by atoms with Crippen LogP contribution in [0.1, 0.15) is 11.4 Å². The van der Waals surface area contributed by atoms with E-state index in [1.54, 1.807) is 17.9 Å². The van der Waals surface area contributed by atoms with Crippen LogP contribution in [0.15, 0.2) is 24.5 Å². The monoisotopic (exact) mass is 257 g/mol. The number of nitrogens with zero attached hydrogens (tertiary/aromatic N) is 4. The SMILES string of the molecule is Cn1nncc1CNc1ccc(C(F)(F)F)nc1. The number of anilines is 1. The van der Waals surface area contributed by atoms with Gasteiger partial charge in [0, 0.05) is 7.05 Å². The van der Waals surface area contributed by atoms with E-state index in [2.05, 4.69) is 20.6 Å². The van der Waals surface area contributed by atoms with Gasteiger partial charge in [-0.15, -0.1) is 5.10 Å². The van der Waals surface area contributed by atoms with E-state index in [1.807, 2.05) is 0 Å². The Bertz CT molecular complexity index is 517. The van der Waals surface area contributed by atoms with Crippen LogP contribution in [0, 0.1) is 0 Å². The Labute approximate surface area is 101 Å². The van der Waals surface area contributed by atoms with E-state index in [0.29, 0.717) is 12.2 Å². The lowest BCUT2D eigenvalue weighted by Gasteiger charge is -2.08. The Balaban J connectivity index is 2.01. The molecule has 0 saturated heterocycles. The summed E-state index contributed by atoms with van der Waals surface area (Å²) in [6.07, 6.45) is -1.69. The summed E-state index contributed by atoms with van der Waals surface area (Å²) in [4.78, 5) is 3.35. The molecule has 0 fully saturated rings. The molecule has 5 nitrogen and oxygen atoms in total. The van der Waals surface area contributed by atoms with Gasteiger partial charge in [0.2, 0.25) is 0 Å². The second-order valence-electron chi connectivity index (χ2n) is 3.63. The van der Waals surface area contributed by atoms with Gasteiger partial charge in [-0.1, -0.05) is 5.21 Å². The zero-order chi connectivity index (χ0) is 13.2. The molecule has 0 spiro atoms. The molecule has 2 aromatic rings. The highest BCUT2D eigenvalue weighted by molar-refractivity contribution is 5.41. The normalized spacial score (nSPS) is 11.6. The first-order valence-corrected chi connectivity index (χ1v) is 5.07. The van der Waals surface area contributed by atoms with E-state index in [0.717, 1.165) is 18.0 Å². The van der Waals surface area contributed by atoms with Crippen molar-refractivity contribution in [2.75, 3.05) is 5.32 Å². The van der Waals surface area contributed by atoms with Crippen LogP contribution in [0.3, 0.4) is 0 Å². The number of rotatable bonds is 3. The Kier molecular flexibility index (Phi) is 3.17. The van der Waals surface area contributed by atoms with Crippen LogP contribution in [-0.4, -0.2) is 20.0 Å². The highest BCUT2D eigenvalue weighted by Gasteiger charge is 2.31. The van der Waals surface area contributed by atoms with Gasteiger partial charge in [0.1, 0.15) is 5.69 Å².